The van der Waals surface area contributed by atoms with Crippen LogP contribution in [0.1, 0.15) is 26.2 Å². The lowest BCUT2D eigenvalue weighted by atomic mass is 10.1. The molecule has 0 rings (SSSR count). The highest BCUT2D eigenvalue weighted by atomic mass is 16.5. The summed E-state index contributed by atoms with van der Waals surface area (Å²) in [6.07, 6.45) is 6.90. The van der Waals surface area contributed by atoms with Crippen LogP contribution in [0.5, 0.6) is 0 Å². The smallest absolute Gasteiger partial charge is 0.333 e. The Morgan fingerprint density at radius 3 is 2.31 bits per heavy atom. The molecule has 0 saturated heterocycles. The molecule has 0 bridgehead atoms. The van der Waals surface area contributed by atoms with Crippen LogP contribution in [-0.2, 0) is 19.1 Å². The number of ether oxygens (including phenoxy) is 2. The summed E-state index contributed by atoms with van der Waals surface area (Å²) in [4.78, 5) is 21.9. The van der Waals surface area contributed by atoms with Gasteiger partial charge in [-0.3, -0.25) is 4.79 Å². The molecule has 0 aliphatic rings. The fourth-order valence-electron chi connectivity index (χ4n) is 1.11. The Bertz CT molecular complexity index is 289. The van der Waals surface area contributed by atoms with E-state index in [1.54, 1.807) is 19.1 Å². The van der Waals surface area contributed by atoms with Crippen molar-refractivity contribution in [2.75, 3.05) is 14.2 Å². The van der Waals surface area contributed by atoms with E-state index in [-0.39, 0.29) is 18.4 Å². The predicted octanol–water partition coefficient (Wildman–Crippen LogP) is 2.01. The molecule has 0 radical (unpaired) electrons. The van der Waals surface area contributed by atoms with E-state index in [0.717, 1.165) is 0 Å². The van der Waals surface area contributed by atoms with E-state index in [1.165, 1.54) is 14.2 Å². The van der Waals surface area contributed by atoms with Crippen molar-refractivity contribution in [3.63, 3.8) is 0 Å². The van der Waals surface area contributed by atoms with Gasteiger partial charge in [0.05, 0.1) is 20.6 Å². The number of methoxy groups -OCH3 is 2. The second-order valence-electron chi connectivity index (χ2n) is 3.10. The van der Waals surface area contributed by atoms with Crippen molar-refractivity contribution >= 4 is 11.9 Å². The number of carbonyl (C=O) groups is 2. The van der Waals surface area contributed by atoms with Crippen LogP contribution in [0.2, 0.25) is 0 Å². The Morgan fingerprint density at radius 1 is 1.12 bits per heavy atom. The Balaban J connectivity index is 3.88. The molecule has 0 fully saturated rings. The number of rotatable bonds is 6. The van der Waals surface area contributed by atoms with Gasteiger partial charge in [0.25, 0.3) is 0 Å². The molecule has 16 heavy (non-hydrogen) atoms. The number of allylic oxidation sites excluding steroid dienone is 2. The Labute approximate surface area is 95.9 Å². The molecule has 0 heterocycles. The first-order valence-electron chi connectivity index (χ1n) is 5.11. The third kappa shape index (κ3) is 6.01. The summed E-state index contributed by atoms with van der Waals surface area (Å²) in [6.45, 7) is 1.80. The quantitative estimate of drug-likeness (QED) is 0.395. The highest BCUT2D eigenvalue weighted by Gasteiger charge is 2.06. The average molecular weight is 226 g/mol. The van der Waals surface area contributed by atoms with Gasteiger partial charge in [0.2, 0.25) is 0 Å². The van der Waals surface area contributed by atoms with Crippen molar-refractivity contribution in [1.29, 1.82) is 0 Å². The van der Waals surface area contributed by atoms with Crippen LogP contribution in [0.4, 0.5) is 0 Å². The van der Waals surface area contributed by atoms with E-state index < -0.39 is 0 Å². The SMILES string of the molecule is C/C=C(\CCC=CCC(=O)OC)C(=O)OC. The van der Waals surface area contributed by atoms with Crippen molar-refractivity contribution in [2.45, 2.75) is 26.2 Å². The largest absolute Gasteiger partial charge is 0.469 e. The van der Waals surface area contributed by atoms with Gasteiger partial charge in [0.1, 0.15) is 0 Å². The minimum Gasteiger partial charge on any atom is -0.469 e. The van der Waals surface area contributed by atoms with E-state index >= 15 is 0 Å². The van der Waals surface area contributed by atoms with Crippen LogP contribution in [-0.4, -0.2) is 26.2 Å². The molecule has 4 heteroatoms. The van der Waals surface area contributed by atoms with Gasteiger partial charge < -0.3 is 9.47 Å². The van der Waals surface area contributed by atoms with Crippen LogP contribution in [0.3, 0.4) is 0 Å². The van der Waals surface area contributed by atoms with Crippen molar-refractivity contribution < 1.29 is 19.1 Å². The third-order valence-electron chi connectivity index (χ3n) is 2.06. The molecule has 0 aliphatic heterocycles. The summed E-state index contributed by atoms with van der Waals surface area (Å²) in [5.41, 5.74) is 0.644. The van der Waals surface area contributed by atoms with Crippen molar-refractivity contribution in [2.24, 2.45) is 0 Å². The van der Waals surface area contributed by atoms with Crippen LogP contribution < -0.4 is 0 Å². The highest BCUT2D eigenvalue weighted by molar-refractivity contribution is 5.88. The van der Waals surface area contributed by atoms with Gasteiger partial charge in [-0.25, -0.2) is 4.79 Å². The molecule has 0 spiro atoms. The molecule has 0 aromatic heterocycles. The molecule has 0 saturated carbocycles. The fraction of sp³-hybridized carbons (Fsp3) is 0.500. The summed E-state index contributed by atoms with van der Waals surface area (Å²) in [7, 11) is 2.71. The summed E-state index contributed by atoms with van der Waals surface area (Å²) in [5.74, 6) is -0.570. The van der Waals surface area contributed by atoms with Crippen molar-refractivity contribution in [1.82, 2.24) is 0 Å². The van der Waals surface area contributed by atoms with E-state index in [1.807, 2.05) is 6.08 Å². The Hall–Kier alpha value is -1.58. The molecule has 0 aromatic carbocycles. The zero-order valence-corrected chi connectivity index (χ0v) is 9.99. The molecule has 4 nitrogen and oxygen atoms in total. The molecule has 0 aromatic rings. The van der Waals surface area contributed by atoms with E-state index in [4.69, 9.17) is 0 Å². The van der Waals surface area contributed by atoms with E-state index in [2.05, 4.69) is 9.47 Å². The lowest BCUT2D eigenvalue weighted by Crippen LogP contribution is -2.04. The first-order chi connectivity index (χ1) is 7.65. The van der Waals surface area contributed by atoms with Gasteiger partial charge in [-0.1, -0.05) is 18.2 Å². The number of hydrogen-bond acceptors (Lipinski definition) is 4. The zero-order valence-electron chi connectivity index (χ0n) is 9.99. The number of esters is 2. The maximum absolute atomic E-state index is 11.2. The monoisotopic (exact) mass is 226 g/mol. The molecule has 0 N–H and O–H groups in total. The van der Waals surface area contributed by atoms with Gasteiger partial charge in [-0.05, 0) is 19.8 Å². The minimum atomic E-state index is -0.302. The molecule has 0 amide bonds. The van der Waals surface area contributed by atoms with Gasteiger partial charge >= 0.3 is 11.9 Å². The standard InChI is InChI=1S/C12H18O4/c1-4-10(12(14)16-3)8-6-5-7-9-11(13)15-2/h4-5,7H,6,8-9H2,1-3H3/b7-5?,10-4+. The first-order valence-corrected chi connectivity index (χ1v) is 5.11. The highest BCUT2D eigenvalue weighted by Crippen LogP contribution is 2.07. The first kappa shape index (κ1) is 14.4. The molecule has 0 atom stereocenters. The van der Waals surface area contributed by atoms with Gasteiger partial charge in [-0.15, -0.1) is 0 Å². The second-order valence-corrected chi connectivity index (χ2v) is 3.10. The number of carbonyl (C=O) groups excluding carboxylic acids is 2. The summed E-state index contributed by atoms with van der Waals surface area (Å²) in [6, 6.07) is 0. The van der Waals surface area contributed by atoms with Crippen molar-refractivity contribution in [3.8, 4) is 0 Å². The van der Waals surface area contributed by atoms with Gasteiger partial charge in [-0.2, -0.15) is 0 Å². The normalized spacial score (nSPS) is 11.6. The van der Waals surface area contributed by atoms with Crippen molar-refractivity contribution in [3.05, 3.63) is 23.8 Å². The van der Waals surface area contributed by atoms with Gasteiger partial charge in [0, 0.05) is 5.57 Å². The lowest BCUT2D eigenvalue weighted by molar-refractivity contribution is -0.139. The van der Waals surface area contributed by atoms with E-state index in [0.29, 0.717) is 18.4 Å². The summed E-state index contributed by atoms with van der Waals surface area (Å²) in [5, 5.41) is 0. The molecular weight excluding hydrogens is 208 g/mol. The van der Waals surface area contributed by atoms with Crippen LogP contribution in [0, 0.1) is 0 Å². The average Bonchev–Trinajstić information content (AvgIpc) is 2.32. The lowest BCUT2D eigenvalue weighted by Gasteiger charge is -2.01. The zero-order chi connectivity index (χ0) is 12.4. The maximum Gasteiger partial charge on any atom is 0.333 e. The Kier molecular flexibility index (Phi) is 7.85. The Morgan fingerprint density at radius 2 is 1.81 bits per heavy atom. The summed E-state index contributed by atoms with van der Waals surface area (Å²) >= 11 is 0. The van der Waals surface area contributed by atoms with Crippen LogP contribution in [0.15, 0.2) is 23.8 Å². The topological polar surface area (TPSA) is 52.6 Å². The van der Waals surface area contributed by atoms with Crippen LogP contribution >= 0.6 is 0 Å². The third-order valence-corrected chi connectivity index (χ3v) is 2.06. The van der Waals surface area contributed by atoms with Crippen LogP contribution in [0.25, 0.3) is 0 Å². The minimum absolute atomic E-state index is 0.264. The van der Waals surface area contributed by atoms with E-state index in [9.17, 15) is 9.59 Å². The fourth-order valence-corrected chi connectivity index (χ4v) is 1.11. The molecule has 0 aliphatic carbocycles. The maximum atomic E-state index is 11.2. The molecular formula is C12H18O4. The summed E-state index contributed by atoms with van der Waals surface area (Å²) < 4.78 is 9.09. The molecule has 90 valence electrons. The predicted molar refractivity (Wildman–Crippen MR) is 60.8 cm³/mol. The molecule has 0 unspecified atom stereocenters. The second kappa shape index (κ2) is 8.71. The number of hydrogen-bond donors (Lipinski definition) is 0. The van der Waals surface area contributed by atoms with Gasteiger partial charge in [0.15, 0.2) is 0 Å².